The third-order valence-electron chi connectivity index (χ3n) is 1.90. The summed E-state index contributed by atoms with van der Waals surface area (Å²) < 4.78 is 13.4. The summed E-state index contributed by atoms with van der Waals surface area (Å²) in [5, 5.41) is 9.07. The van der Waals surface area contributed by atoms with Crippen molar-refractivity contribution in [1.82, 2.24) is 0 Å². The number of aliphatic hydroxyl groups is 1. The Morgan fingerprint density at radius 2 is 1.55 bits per heavy atom. The number of hydrogen-bond acceptors (Lipinski definition) is 1. The van der Waals surface area contributed by atoms with Gasteiger partial charge >= 0.3 is 0 Å². The first-order valence-electron chi connectivity index (χ1n) is 6.91. The molecular weight excluding hydrogens is 258 g/mol. The van der Waals surface area contributed by atoms with E-state index in [0.717, 1.165) is 5.57 Å². The van der Waals surface area contributed by atoms with Crippen molar-refractivity contribution in [2.75, 3.05) is 0 Å². The molecule has 0 aliphatic heterocycles. The second-order valence-corrected chi connectivity index (χ2v) is 3.79. The summed E-state index contributed by atoms with van der Waals surface area (Å²) in [7, 11) is 0. The lowest BCUT2D eigenvalue weighted by Gasteiger charge is -2.05. The van der Waals surface area contributed by atoms with Crippen LogP contribution in [0.1, 0.15) is 54.9 Å². The van der Waals surface area contributed by atoms with Gasteiger partial charge in [0, 0.05) is 5.57 Å². The van der Waals surface area contributed by atoms with Gasteiger partial charge in [-0.15, -0.1) is 0 Å². The topological polar surface area (TPSA) is 20.2 Å². The molecule has 1 unspecified atom stereocenters. The van der Waals surface area contributed by atoms with Crippen molar-refractivity contribution >= 4 is 0 Å². The Labute approximate surface area is 124 Å². The van der Waals surface area contributed by atoms with Gasteiger partial charge in [-0.1, -0.05) is 52.5 Å². The SMILES string of the molecule is C=C(C)/C=C(/F)C(=C)/C(C)=C/CC(C)O.CC.CC.F. The van der Waals surface area contributed by atoms with E-state index in [1.54, 1.807) is 26.8 Å². The summed E-state index contributed by atoms with van der Waals surface area (Å²) in [4.78, 5) is 0. The third kappa shape index (κ3) is 16.8. The summed E-state index contributed by atoms with van der Waals surface area (Å²) >= 11 is 0. The Balaban J connectivity index is -0.000000233. The second kappa shape index (κ2) is 17.8. The molecule has 0 aromatic carbocycles. The van der Waals surface area contributed by atoms with Gasteiger partial charge in [0.25, 0.3) is 0 Å². The molecule has 1 N–H and O–H groups in total. The van der Waals surface area contributed by atoms with Crippen LogP contribution in [0.2, 0.25) is 0 Å². The largest absolute Gasteiger partial charge is 0.393 e. The molecule has 0 aliphatic carbocycles. The molecule has 0 amide bonds. The molecule has 0 fully saturated rings. The minimum Gasteiger partial charge on any atom is -0.393 e. The minimum absolute atomic E-state index is 0. The zero-order valence-electron chi connectivity index (χ0n) is 14.1. The Kier molecular flexibility index (Phi) is 24.2. The Morgan fingerprint density at radius 3 is 1.85 bits per heavy atom. The molecule has 0 heterocycles. The maximum absolute atomic E-state index is 13.4. The first-order valence-corrected chi connectivity index (χ1v) is 6.91. The van der Waals surface area contributed by atoms with Crippen LogP contribution in [-0.2, 0) is 0 Å². The lowest BCUT2D eigenvalue weighted by molar-refractivity contribution is 0.198. The van der Waals surface area contributed by atoms with Gasteiger partial charge in [0.1, 0.15) is 5.83 Å². The van der Waals surface area contributed by atoms with Crippen molar-refractivity contribution in [3.63, 3.8) is 0 Å². The Hall–Kier alpha value is -1.22. The fourth-order valence-electron chi connectivity index (χ4n) is 0.962. The van der Waals surface area contributed by atoms with E-state index in [1.807, 2.05) is 27.7 Å². The van der Waals surface area contributed by atoms with Crippen molar-refractivity contribution < 1.29 is 14.2 Å². The first kappa shape index (κ1) is 27.2. The summed E-state index contributed by atoms with van der Waals surface area (Å²) in [5.41, 5.74) is 1.74. The minimum atomic E-state index is -0.416. The molecule has 1 nitrogen and oxygen atoms in total. The summed E-state index contributed by atoms with van der Waals surface area (Å²) in [6.45, 7) is 20.4. The molecule has 0 aromatic heterocycles. The van der Waals surface area contributed by atoms with Crippen LogP contribution in [-0.4, -0.2) is 11.2 Å². The van der Waals surface area contributed by atoms with Crippen molar-refractivity contribution in [3.8, 4) is 0 Å². The average Bonchev–Trinajstić information content (AvgIpc) is 2.38. The van der Waals surface area contributed by atoms with Gasteiger partial charge in [0.15, 0.2) is 0 Å². The number of aliphatic hydroxyl groups excluding tert-OH is 1. The lowest BCUT2D eigenvalue weighted by Crippen LogP contribution is -1.97. The fourth-order valence-corrected chi connectivity index (χ4v) is 0.962. The highest BCUT2D eigenvalue weighted by Gasteiger charge is 2.04. The molecule has 1 atom stereocenters. The second-order valence-electron chi connectivity index (χ2n) is 3.79. The molecule has 0 saturated heterocycles. The zero-order chi connectivity index (χ0) is 16.0. The van der Waals surface area contributed by atoms with E-state index in [-0.39, 0.29) is 10.5 Å². The van der Waals surface area contributed by atoms with Crippen LogP contribution in [0.4, 0.5) is 9.09 Å². The molecule has 120 valence electrons. The van der Waals surface area contributed by atoms with Gasteiger partial charge in [-0.3, -0.25) is 4.70 Å². The fraction of sp³-hybridized carbons (Fsp3) is 0.529. The smallest absolute Gasteiger partial charge is 0.130 e. The van der Waals surface area contributed by atoms with Crippen molar-refractivity contribution in [1.29, 1.82) is 0 Å². The van der Waals surface area contributed by atoms with E-state index < -0.39 is 6.10 Å². The number of rotatable bonds is 5. The van der Waals surface area contributed by atoms with Crippen LogP contribution in [0, 0.1) is 0 Å². The molecule has 0 aliphatic rings. The lowest BCUT2D eigenvalue weighted by atomic mass is 10.1. The number of allylic oxidation sites excluding steroid dienone is 5. The number of halogens is 2. The van der Waals surface area contributed by atoms with Crippen molar-refractivity contribution in [2.24, 2.45) is 0 Å². The quantitative estimate of drug-likeness (QED) is 0.625. The van der Waals surface area contributed by atoms with Crippen LogP contribution in [0.5, 0.6) is 0 Å². The van der Waals surface area contributed by atoms with E-state index in [2.05, 4.69) is 13.2 Å². The third-order valence-corrected chi connectivity index (χ3v) is 1.90. The van der Waals surface area contributed by atoms with Gasteiger partial charge in [0.05, 0.1) is 6.10 Å². The number of hydrogen-bond donors (Lipinski definition) is 1. The molecule has 0 radical (unpaired) electrons. The van der Waals surface area contributed by atoms with E-state index in [4.69, 9.17) is 5.11 Å². The van der Waals surface area contributed by atoms with Gasteiger partial charge in [-0.2, -0.15) is 0 Å². The van der Waals surface area contributed by atoms with Gasteiger partial charge < -0.3 is 5.11 Å². The molecule has 0 spiro atoms. The average molecular weight is 290 g/mol. The van der Waals surface area contributed by atoms with E-state index >= 15 is 0 Å². The van der Waals surface area contributed by atoms with Crippen LogP contribution < -0.4 is 0 Å². The van der Waals surface area contributed by atoms with Crippen LogP contribution in [0.25, 0.3) is 0 Å². The van der Waals surface area contributed by atoms with E-state index in [0.29, 0.717) is 17.6 Å². The van der Waals surface area contributed by atoms with Crippen LogP contribution in [0.3, 0.4) is 0 Å². The maximum atomic E-state index is 13.4. The monoisotopic (exact) mass is 290 g/mol. The molecule has 0 bridgehead atoms. The standard InChI is InChI=1S/C13H19FO.2C2H6.FH/c1-9(2)8-13(14)12(5)10(3)6-7-11(4)15;2*1-2;/h6,8,11,15H,1,5,7H2,2-4H3;2*1-2H3;1H/b10-6+,13-8+;;;. The molecule has 3 heteroatoms. The molecule has 0 saturated carbocycles. The normalized spacial score (nSPS) is 11.8. The Morgan fingerprint density at radius 1 is 1.15 bits per heavy atom. The molecule has 20 heavy (non-hydrogen) atoms. The maximum Gasteiger partial charge on any atom is 0.130 e. The molecule has 0 rings (SSSR count). The predicted octanol–water partition coefficient (Wildman–Crippen LogP) is 5.89. The Bertz CT molecular complexity index is 313. The van der Waals surface area contributed by atoms with Crippen molar-refractivity contribution in [3.05, 3.63) is 47.9 Å². The highest BCUT2D eigenvalue weighted by atomic mass is 19.1. The van der Waals surface area contributed by atoms with Gasteiger partial charge in [-0.05, 0) is 38.8 Å². The van der Waals surface area contributed by atoms with Crippen LogP contribution >= 0.6 is 0 Å². The van der Waals surface area contributed by atoms with Gasteiger partial charge in [-0.25, -0.2) is 4.39 Å². The van der Waals surface area contributed by atoms with Gasteiger partial charge in [0.2, 0.25) is 0 Å². The van der Waals surface area contributed by atoms with Crippen LogP contribution in [0.15, 0.2) is 47.9 Å². The highest BCUT2D eigenvalue weighted by molar-refractivity contribution is 5.42. The first-order chi connectivity index (χ1) is 8.84. The predicted molar refractivity (Wildman–Crippen MR) is 88.4 cm³/mol. The molecular formula is C17H32F2O. The summed E-state index contributed by atoms with van der Waals surface area (Å²) in [6.07, 6.45) is 3.22. The van der Waals surface area contributed by atoms with E-state index in [9.17, 15) is 4.39 Å². The highest BCUT2D eigenvalue weighted by Crippen LogP contribution is 2.20. The summed E-state index contributed by atoms with van der Waals surface area (Å²) in [5.74, 6) is -0.373. The zero-order valence-corrected chi connectivity index (χ0v) is 14.1. The van der Waals surface area contributed by atoms with E-state index in [1.165, 1.54) is 6.08 Å². The molecule has 0 aromatic rings. The summed E-state index contributed by atoms with van der Waals surface area (Å²) in [6, 6.07) is 0. The van der Waals surface area contributed by atoms with Crippen molar-refractivity contribution in [2.45, 2.75) is 61.0 Å².